The molecule has 0 saturated heterocycles. The molecule has 0 saturated carbocycles. The number of alkyl halides is 1. The number of nitrogens with zero attached hydrogens (tertiary/aromatic N) is 1. The highest BCUT2D eigenvalue weighted by molar-refractivity contribution is 4.95. The smallest absolute Gasteiger partial charge is 0.115 e. The molecule has 2 nitrogen and oxygen atoms in total. The molecule has 1 N–H and O–H groups in total. The number of aliphatic hydroxyl groups excluding tert-OH is 1. The van der Waals surface area contributed by atoms with Gasteiger partial charge in [0.05, 0.1) is 17.6 Å². The van der Waals surface area contributed by atoms with Crippen LogP contribution >= 0.6 is 0 Å². The fraction of sp³-hybridized carbons (Fsp3) is 0.875. The fourth-order valence-electron chi connectivity index (χ4n) is 0.844. The van der Waals surface area contributed by atoms with Gasteiger partial charge in [-0.1, -0.05) is 6.92 Å². The van der Waals surface area contributed by atoms with E-state index >= 15 is 0 Å². The second-order valence-electron chi connectivity index (χ2n) is 3.04. The molecule has 0 aliphatic heterocycles. The average Bonchev–Trinajstić information content (AvgIpc) is 2.04. The molecule has 2 atom stereocenters. The van der Waals surface area contributed by atoms with E-state index in [0.717, 1.165) is 0 Å². The Labute approximate surface area is 66.6 Å². The van der Waals surface area contributed by atoms with Crippen LogP contribution in [0.25, 0.3) is 0 Å². The largest absolute Gasteiger partial charge is 0.390 e. The molecule has 0 aromatic heterocycles. The van der Waals surface area contributed by atoms with Gasteiger partial charge in [0.15, 0.2) is 0 Å². The first-order chi connectivity index (χ1) is 5.08. The molecule has 0 bridgehead atoms. The molecule has 0 rings (SSSR count). The third kappa shape index (κ3) is 3.33. The predicted molar refractivity (Wildman–Crippen MR) is 40.6 cm³/mol. The minimum atomic E-state index is -0.986. The van der Waals surface area contributed by atoms with Crippen LogP contribution in [-0.4, -0.2) is 17.9 Å². The highest BCUT2D eigenvalue weighted by atomic mass is 19.1. The van der Waals surface area contributed by atoms with Crippen LogP contribution in [0.15, 0.2) is 0 Å². The van der Waals surface area contributed by atoms with Crippen molar-refractivity contribution in [2.24, 2.45) is 5.41 Å². The standard InChI is InChI=1S/C8H14FNO/c1-3-8(2,6-10)4-7(11)5-9/h7,11H,3-5H2,1-2H3. The molecule has 0 heterocycles. The maximum atomic E-state index is 11.8. The Balaban J connectivity index is 3.99. The monoisotopic (exact) mass is 159 g/mol. The molecule has 2 unspecified atom stereocenters. The van der Waals surface area contributed by atoms with Crippen LogP contribution < -0.4 is 0 Å². The molecule has 0 spiro atoms. The molecule has 0 aromatic carbocycles. The molecule has 64 valence electrons. The lowest BCUT2D eigenvalue weighted by molar-refractivity contribution is 0.0987. The summed E-state index contributed by atoms with van der Waals surface area (Å²) < 4.78 is 11.8. The van der Waals surface area contributed by atoms with Crippen molar-refractivity contribution in [2.75, 3.05) is 6.67 Å². The van der Waals surface area contributed by atoms with Crippen molar-refractivity contribution in [3.8, 4) is 6.07 Å². The van der Waals surface area contributed by atoms with Gasteiger partial charge >= 0.3 is 0 Å². The van der Waals surface area contributed by atoms with Gasteiger partial charge in [0, 0.05) is 0 Å². The maximum absolute atomic E-state index is 11.8. The lowest BCUT2D eigenvalue weighted by atomic mass is 9.84. The van der Waals surface area contributed by atoms with Gasteiger partial charge in [-0.05, 0) is 19.8 Å². The van der Waals surface area contributed by atoms with Gasteiger partial charge in [0.1, 0.15) is 6.67 Å². The number of aliphatic hydroxyl groups is 1. The molecule has 0 aliphatic rings. The van der Waals surface area contributed by atoms with Crippen LogP contribution in [0.3, 0.4) is 0 Å². The van der Waals surface area contributed by atoms with Gasteiger partial charge < -0.3 is 5.11 Å². The van der Waals surface area contributed by atoms with Crippen molar-refractivity contribution < 1.29 is 9.50 Å². The van der Waals surface area contributed by atoms with Gasteiger partial charge in [-0.3, -0.25) is 0 Å². The highest BCUT2D eigenvalue weighted by Crippen LogP contribution is 2.26. The third-order valence-electron chi connectivity index (χ3n) is 1.91. The SMILES string of the molecule is CCC(C)(C#N)CC(O)CF. The Morgan fingerprint density at radius 3 is 2.55 bits per heavy atom. The van der Waals surface area contributed by atoms with E-state index in [1.165, 1.54) is 0 Å². The Bertz CT molecular complexity index is 155. The maximum Gasteiger partial charge on any atom is 0.115 e. The zero-order valence-corrected chi connectivity index (χ0v) is 6.97. The number of hydrogen-bond acceptors (Lipinski definition) is 2. The third-order valence-corrected chi connectivity index (χ3v) is 1.91. The molecule has 3 heteroatoms. The van der Waals surface area contributed by atoms with E-state index in [9.17, 15) is 4.39 Å². The Morgan fingerprint density at radius 2 is 2.27 bits per heavy atom. The molecule has 11 heavy (non-hydrogen) atoms. The van der Waals surface area contributed by atoms with E-state index in [1.807, 2.05) is 6.92 Å². The summed E-state index contributed by atoms with van der Waals surface area (Å²) in [6.45, 7) is 2.82. The molecule has 0 fully saturated rings. The topological polar surface area (TPSA) is 44.0 Å². The lowest BCUT2D eigenvalue weighted by Gasteiger charge is -2.20. The summed E-state index contributed by atoms with van der Waals surface area (Å²) in [5, 5.41) is 17.6. The van der Waals surface area contributed by atoms with E-state index in [1.54, 1.807) is 6.92 Å². The molecule has 0 aliphatic carbocycles. The molecule has 0 amide bonds. The predicted octanol–water partition coefficient (Wildman–Crippen LogP) is 1.65. The van der Waals surface area contributed by atoms with Gasteiger partial charge in [-0.15, -0.1) is 0 Å². The van der Waals surface area contributed by atoms with Crippen LogP contribution in [-0.2, 0) is 0 Å². The van der Waals surface area contributed by atoms with Gasteiger partial charge in [0.25, 0.3) is 0 Å². The van der Waals surface area contributed by atoms with E-state index in [-0.39, 0.29) is 6.42 Å². The second kappa shape index (κ2) is 4.30. The van der Waals surface area contributed by atoms with Crippen LogP contribution in [0.1, 0.15) is 26.7 Å². The van der Waals surface area contributed by atoms with Crippen molar-refractivity contribution in [3.05, 3.63) is 0 Å². The normalized spacial score (nSPS) is 18.5. The average molecular weight is 159 g/mol. The minimum Gasteiger partial charge on any atom is -0.390 e. The van der Waals surface area contributed by atoms with Crippen molar-refractivity contribution in [3.63, 3.8) is 0 Å². The van der Waals surface area contributed by atoms with E-state index < -0.39 is 18.2 Å². The molecular weight excluding hydrogens is 145 g/mol. The Hall–Kier alpha value is -0.620. The summed E-state index contributed by atoms with van der Waals surface area (Å²) in [6.07, 6.45) is -0.128. The first-order valence-corrected chi connectivity index (χ1v) is 3.73. The number of rotatable bonds is 4. The Kier molecular flexibility index (Phi) is 4.06. The van der Waals surface area contributed by atoms with Gasteiger partial charge in [-0.25, -0.2) is 4.39 Å². The van der Waals surface area contributed by atoms with Crippen LogP contribution in [0.5, 0.6) is 0 Å². The minimum absolute atomic E-state index is 0.219. The zero-order valence-electron chi connectivity index (χ0n) is 6.97. The van der Waals surface area contributed by atoms with Crippen LogP contribution in [0, 0.1) is 16.7 Å². The molecule has 0 radical (unpaired) electrons. The first kappa shape index (κ1) is 10.4. The molecular formula is C8H14FNO. The van der Waals surface area contributed by atoms with Crippen molar-refractivity contribution in [1.82, 2.24) is 0 Å². The summed E-state index contributed by atoms with van der Waals surface area (Å²) in [5.41, 5.74) is -0.578. The van der Waals surface area contributed by atoms with Crippen molar-refractivity contribution in [1.29, 1.82) is 5.26 Å². The van der Waals surface area contributed by atoms with Crippen LogP contribution in [0.2, 0.25) is 0 Å². The van der Waals surface area contributed by atoms with E-state index in [0.29, 0.717) is 6.42 Å². The van der Waals surface area contributed by atoms with E-state index in [4.69, 9.17) is 10.4 Å². The summed E-state index contributed by atoms with van der Waals surface area (Å²) in [5.74, 6) is 0. The summed E-state index contributed by atoms with van der Waals surface area (Å²) in [6, 6.07) is 2.07. The zero-order chi connectivity index (χ0) is 8.91. The first-order valence-electron chi connectivity index (χ1n) is 3.73. The summed E-state index contributed by atoms with van der Waals surface area (Å²) in [7, 11) is 0. The fourth-order valence-corrected chi connectivity index (χ4v) is 0.844. The number of hydrogen-bond donors (Lipinski definition) is 1. The van der Waals surface area contributed by atoms with E-state index in [2.05, 4.69) is 6.07 Å². The number of nitriles is 1. The summed E-state index contributed by atoms with van der Waals surface area (Å²) in [4.78, 5) is 0. The highest BCUT2D eigenvalue weighted by Gasteiger charge is 2.24. The Morgan fingerprint density at radius 1 is 1.73 bits per heavy atom. The summed E-state index contributed by atoms with van der Waals surface area (Å²) >= 11 is 0. The second-order valence-corrected chi connectivity index (χ2v) is 3.04. The molecule has 0 aromatic rings. The number of halogens is 1. The van der Waals surface area contributed by atoms with Crippen molar-refractivity contribution in [2.45, 2.75) is 32.8 Å². The lowest BCUT2D eigenvalue weighted by Crippen LogP contribution is -2.22. The van der Waals surface area contributed by atoms with Gasteiger partial charge in [-0.2, -0.15) is 5.26 Å². The van der Waals surface area contributed by atoms with Gasteiger partial charge in [0.2, 0.25) is 0 Å². The van der Waals surface area contributed by atoms with Crippen LogP contribution in [0.4, 0.5) is 4.39 Å². The quantitative estimate of drug-likeness (QED) is 0.677. The van der Waals surface area contributed by atoms with Crippen molar-refractivity contribution >= 4 is 0 Å².